The van der Waals surface area contributed by atoms with Crippen LogP contribution in [0.25, 0.3) is 0 Å². The number of amides is 1. The van der Waals surface area contributed by atoms with Crippen LogP contribution < -0.4 is 26.6 Å². The Kier molecular flexibility index (Phi) is 12.2. The molecule has 0 atom stereocenters. The zero-order valence-electron chi connectivity index (χ0n) is 23.3. The van der Waals surface area contributed by atoms with Crippen molar-refractivity contribution < 1.29 is 19.4 Å². The summed E-state index contributed by atoms with van der Waals surface area (Å²) in [6.45, 7) is 5.23. The number of aromatic nitrogens is 3. The standard InChI is InChI=1S/C28H44N8O4/c29-12-16-39-18-19-40-17-13-30-25(38)22-6-4-21(5-7-22)20-31-26-33-27(32-23-8-10-24(37)11-9-23)35-28(34-26)36-14-2-1-3-15-36/h4-7,23-24,37H,1-3,8-20,29H2,(H,30,38)(H2,31,32,33,34,35). The molecule has 1 aromatic heterocycles. The Labute approximate surface area is 236 Å². The number of anilines is 3. The number of nitrogens with two attached hydrogens (primary N) is 1. The number of rotatable bonds is 15. The molecule has 1 saturated carbocycles. The van der Waals surface area contributed by atoms with Crippen LogP contribution in [0.1, 0.15) is 60.9 Å². The Morgan fingerprint density at radius 1 is 0.925 bits per heavy atom. The molecule has 0 spiro atoms. The molecule has 1 amide bonds. The Balaban J connectivity index is 1.28. The number of carbonyl (C=O) groups excluding carboxylic acids is 1. The van der Waals surface area contributed by atoms with E-state index in [0.717, 1.165) is 57.2 Å². The van der Waals surface area contributed by atoms with E-state index in [4.69, 9.17) is 25.2 Å². The van der Waals surface area contributed by atoms with Gasteiger partial charge < -0.3 is 41.2 Å². The summed E-state index contributed by atoms with van der Waals surface area (Å²) in [5.74, 6) is 1.63. The van der Waals surface area contributed by atoms with Crippen LogP contribution in [0.3, 0.4) is 0 Å². The number of aliphatic hydroxyl groups is 1. The van der Waals surface area contributed by atoms with Crippen molar-refractivity contribution in [2.75, 3.05) is 68.1 Å². The van der Waals surface area contributed by atoms with Crippen LogP contribution >= 0.6 is 0 Å². The number of hydrogen-bond donors (Lipinski definition) is 5. The Morgan fingerprint density at radius 2 is 1.62 bits per heavy atom. The number of nitrogens with zero attached hydrogens (tertiary/aromatic N) is 4. The highest BCUT2D eigenvalue weighted by Gasteiger charge is 2.22. The lowest BCUT2D eigenvalue weighted by atomic mass is 9.93. The number of nitrogens with one attached hydrogen (secondary N) is 3. The van der Waals surface area contributed by atoms with Gasteiger partial charge in [-0.05, 0) is 62.6 Å². The van der Waals surface area contributed by atoms with E-state index >= 15 is 0 Å². The lowest BCUT2D eigenvalue weighted by Gasteiger charge is -2.28. The quantitative estimate of drug-likeness (QED) is 0.204. The molecule has 1 aliphatic heterocycles. The van der Waals surface area contributed by atoms with Gasteiger partial charge in [-0.15, -0.1) is 0 Å². The molecule has 4 rings (SSSR count). The van der Waals surface area contributed by atoms with E-state index in [9.17, 15) is 9.90 Å². The van der Waals surface area contributed by atoms with Gasteiger partial charge in [0, 0.05) is 44.3 Å². The topological polar surface area (TPSA) is 160 Å². The molecule has 12 heteroatoms. The molecule has 1 saturated heterocycles. The minimum atomic E-state index is -0.207. The molecule has 2 aromatic rings. The molecule has 40 heavy (non-hydrogen) atoms. The van der Waals surface area contributed by atoms with Gasteiger partial charge in [-0.1, -0.05) is 12.1 Å². The van der Waals surface area contributed by atoms with Crippen LogP contribution in [0.2, 0.25) is 0 Å². The summed E-state index contributed by atoms with van der Waals surface area (Å²) < 4.78 is 10.7. The number of hydrogen-bond acceptors (Lipinski definition) is 11. The van der Waals surface area contributed by atoms with Gasteiger partial charge in [0.05, 0.1) is 32.5 Å². The highest BCUT2D eigenvalue weighted by atomic mass is 16.5. The molecular weight excluding hydrogens is 512 g/mol. The van der Waals surface area contributed by atoms with Crippen LogP contribution in [0.4, 0.5) is 17.8 Å². The summed E-state index contributed by atoms with van der Waals surface area (Å²) in [6, 6.07) is 7.71. The first-order valence-electron chi connectivity index (χ1n) is 14.5. The molecule has 1 aromatic carbocycles. The van der Waals surface area contributed by atoms with Crippen molar-refractivity contribution >= 4 is 23.8 Å². The average molecular weight is 557 g/mol. The summed E-state index contributed by atoms with van der Waals surface area (Å²) in [5.41, 5.74) is 6.96. The van der Waals surface area contributed by atoms with Crippen molar-refractivity contribution in [3.8, 4) is 0 Å². The fourth-order valence-electron chi connectivity index (χ4n) is 4.85. The third kappa shape index (κ3) is 9.84. The molecule has 12 nitrogen and oxygen atoms in total. The van der Waals surface area contributed by atoms with E-state index in [-0.39, 0.29) is 18.1 Å². The Morgan fingerprint density at radius 3 is 2.35 bits per heavy atom. The van der Waals surface area contributed by atoms with E-state index < -0.39 is 0 Å². The molecule has 0 radical (unpaired) electrons. The van der Waals surface area contributed by atoms with Gasteiger partial charge in [0.1, 0.15) is 0 Å². The molecule has 2 fully saturated rings. The third-order valence-electron chi connectivity index (χ3n) is 7.13. The second-order valence-corrected chi connectivity index (χ2v) is 10.3. The fraction of sp³-hybridized carbons (Fsp3) is 0.643. The molecule has 220 valence electrons. The van der Waals surface area contributed by atoms with Gasteiger partial charge in [0.25, 0.3) is 5.91 Å². The van der Waals surface area contributed by atoms with Gasteiger partial charge in [-0.2, -0.15) is 15.0 Å². The number of carbonyl (C=O) groups is 1. The van der Waals surface area contributed by atoms with E-state index in [1.165, 1.54) is 6.42 Å². The number of ether oxygens (including phenoxy) is 2. The second kappa shape index (κ2) is 16.3. The first kappa shape index (κ1) is 29.9. The second-order valence-electron chi connectivity index (χ2n) is 10.3. The predicted octanol–water partition coefficient (Wildman–Crippen LogP) is 1.91. The van der Waals surface area contributed by atoms with Crippen molar-refractivity contribution in [2.24, 2.45) is 5.73 Å². The summed E-state index contributed by atoms with van der Waals surface area (Å²) in [4.78, 5) is 28.8. The van der Waals surface area contributed by atoms with Crippen molar-refractivity contribution in [1.29, 1.82) is 0 Å². The predicted molar refractivity (Wildman–Crippen MR) is 155 cm³/mol. The summed E-state index contributed by atoms with van der Waals surface area (Å²) in [6.07, 6.45) is 6.66. The lowest BCUT2D eigenvalue weighted by Crippen LogP contribution is -2.32. The highest BCUT2D eigenvalue weighted by Crippen LogP contribution is 2.23. The normalized spacial score (nSPS) is 19.3. The largest absolute Gasteiger partial charge is 0.393 e. The van der Waals surface area contributed by atoms with Crippen molar-refractivity contribution in [3.05, 3.63) is 35.4 Å². The van der Waals surface area contributed by atoms with Crippen molar-refractivity contribution in [2.45, 2.75) is 63.6 Å². The van der Waals surface area contributed by atoms with E-state index in [2.05, 4.69) is 25.8 Å². The highest BCUT2D eigenvalue weighted by molar-refractivity contribution is 5.94. The summed E-state index contributed by atoms with van der Waals surface area (Å²) in [7, 11) is 0. The molecular formula is C28H44N8O4. The third-order valence-corrected chi connectivity index (χ3v) is 7.13. The van der Waals surface area contributed by atoms with Crippen LogP contribution in [0.15, 0.2) is 24.3 Å². The molecule has 0 unspecified atom stereocenters. The zero-order valence-corrected chi connectivity index (χ0v) is 23.3. The first-order valence-corrected chi connectivity index (χ1v) is 14.5. The first-order chi connectivity index (χ1) is 19.6. The van der Waals surface area contributed by atoms with Crippen molar-refractivity contribution in [1.82, 2.24) is 20.3 Å². The number of piperidine rings is 1. The SMILES string of the molecule is NCCOCCOCCNC(=O)c1ccc(CNc2nc(NC3CCC(O)CC3)nc(N3CCCCC3)n2)cc1. The maximum Gasteiger partial charge on any atom is 0.251 e. The van der Waals surface area contributed by atoms with Crippen molar-refractivity contribution in [3.63, 3.8) is 0 Å². The molecule has 2 heterocycles. The van der Waals surface area contributed by atoms with E-state index in [1.807, 2.05) is 24.3 Å². The summed E-state index contributed by atoms with van der Waals surface area (Å²) in [5, 5.41) is 19.5. The van der Waals surface area contributed by atoms with Crippen LogP contribution in [0.5, 0.6) is 0 Å². The molecule has 2 aliphatic rings. The van der Waals surface area contributed by atoms with E-state index in [0.29, 0.717) is 69.5 Å². The lowest BCUT2D eigenvalue weighted by molar-refractivity contribution is 0.0511. The minimum Gasteiger partial charge on any atom is -0.393 e. The minimum absolute atomic E-state index is 0.142. The average Bonchev–Trinajstić information content (AvgIpc) is 2.99. The van der Waals surface area contributed by atoms with Crippen LogP contribution in [-0.4, -0.2) is 90.7 Å². The van der Waals surface area contributed by atoms with Gasteiger partial charge in [0.15, 0.2) is 0 Å². The Hall–Kier alpha value is -3.06. The fourth-order valence-corrected chi connectivity index (χ4v) is 4.85. The maximum atomic E-state index is 12.4. The monoisotopic (exact) mass is 556 g/mol. The molecule has 6 N–H and O–H groups in total. The number of aliphatic hydroxyl groups excluding tert-OH is 1. The molecule has 1 aliphatic carbocycles. The number of benzene rings is 1. The van der Waals surface area contributed by atoms with Crippen LogP contribution in [0, 0.1) is 0 Å². The van der Waals surface area contributed by atoms with Crippen LogP contribution in [-0.2, 0) is 16.0 Å². The van der Waals surface area contributed by atoms with Gasteiger partial charge in [-0.3, -0.25) is 4.79 Å². The molecule has 0 bridgehead atoms. The van der Waals surface area contributed by atoms with Gasteiger partial charge in [0.2, 0.25) is 17.8 Å². The smallest absolute Gasteiger partial charge is 0.251 e. The maximum absolute atomic E-state index is 12.4. The summed E-state index contributed by atoms with van der Waals surface area (Å²) >= 11 is 0. The van der Waals surface area contributed by atoms with E-state index in [1.54, 1.807) is 0 Å². The Bertz CT molecular complexity index is 1030. The van der Waals surface area contributed by atoms with Gasteiger partial charge >= 0.3 is 0 Å². The van der Waals surface area contributed by atoms with Gasteiger partial charge in [-0.25, -0.2) is 0 Å². The zero-order chi connectivity index (χ0) is 28.0.